The molecule has 2 aromatic carbocycles. The number of rotatable bonds is 3. The Morgan fingerprint density at radius 3 is 2.53 bits per heavy atom. The molecule has 0 aliphatic rings. The van der Waals surface area contributed by atoms with Gasteiger partial charge in [0.15, 0.2) is 11.6 Å². The third-order valence-corrected chi connectivity index (χ3v) is 3.22. The zero-order chi connectivity index (χ0) is 14.0. The molecule has 0 aliphatic heterocycles. The van der Waals surface area contributed by atoms with Crippen LogP contribution >= 0.6 is 11.6 Å². The zero-order valence-electron chi connectivity index (χ0n) is 10.7. The van der Waals surface area contributed by atoms with Gasteiger partial charge in [-0.1, -0.05) is 17.7 Å². The Balaban J connectivity index is 2.25. The normalized spacial score (nSPS) is 12.3. The lowest BCUT2D eigenvalue weighted by molar-refractivity contribution is 0.198. The van der Waals surface area contributed by atoms with Crippen LogP contribution in [0.2, 0.25) is 5.02 Å². The van der Waals surface area contributed by atoms with Gasteiger partial charge >= 0.3 is 0 Å². The van der Waals surface area contributed by atoms with E-state index in [1.54, 1.807) is 31.2 Å². The lowest BCUT2D eigenvalue weighted by atomic mass is 10.1. The van der Waals surface area contributed by atoms with Gasteiger partial charge in [0.25, 0.3) is 0 Å². The molecular weight excluding hydrogens is 267 g/mol. The van der Waals surface area contributed by atoms with E-state index in [2.05, 4.69) is 0 Å². The van der Waals surface area contributed by atoms with Crippen molar-refractivity contribution in [3.8, 4) is 11.5 Å². The maximum atomic E-state index is 13.8. The lowest BCUT2D eigenvalue weighted by Crippen LogP contribution is -1.94. The fraction of sp³-hybridized carbons (Fsp3) is 0.200. The largest absolute Gasteiger partial charge is 0.454 e. The van der Waals surface area contributed by atoms with Crippen LogP contribution in [0.5, 0.6) is 11.5 Å². The Morgan fingerprint density at radius 1 is 1.21 bits per heavy atom. The summed E-state index contributed by atoms with van der Waals surface area (Å²) in [5.41, 5.74) is 1.37. The molecular formula is C15H14ClFO2. The molecule has 0 saturated carbocycles. The van der Waals surface area contributed by atoms with Gasteiger partial charge in [-0.05, 0) is 55.3 Å². The molecule has 2 nitrogen and oxygen atoms in total. The molecule has 0 spiro atoms. The lowest BCUT2D eigenvalue weighted by Gasteiger charge is -2.10. The Morgan fingerprint density at radius 2 is 1.95 bits per heavy atom. The van der Waals surface area contributed by atoms with Gasteiger partial charge in [0.1, 0.15) is 5.75 Å². The second kappa shape index (κ2) is 5.59. The van der Waals surface area contributed by atoms with E-state index in [0.717, 1.165) is 5.56 Å². The quantitative estimate of drug-likeness (QED) is 0.888. The minimum Gasteiger partial charge on any atom is -0.454 e. The first-order valence-electron chi connectivity index (χ1n) is 5.89. The number of hydrogen-bond acceptors (Lipinski definition) is 2. The molecule has 0 aromatic heterocycles. The predicted molar refractivity (Wildman–Crippen MR) is 73.3 cm³/mol. The van der Waals surface area contributed by atoms with Gasteiger partial charge in [0, 0.05) is 5.02 Å². The molecule has 100 valence electrons. The van der Waals surface area contributed by atoms with Crippen molar-refractivity contribution >= 4 is 11.6 Å². The molecule has 2 rings (SSSR count). The van der Waals surface area contributed by atoms with Crippen molar-refractivity contribution in [2.24, 2.45) is 0 Å². The third-order valence-electron chi connectivity index (χ3n) is 2.80. The van der Waals surface area contributed by atoms with E-state index in [9.17, 15) is 9.50 Å². The second-order valence-electron chi connectivity index (χ2n) is 4.38. The molecule has 1 N–H and O–H groups in total. The van der Waals surface area contributed by atoms with E-state index in [1.165, 1.54) is 12.1 Å². The van der Waals surface area contributed by atoms with Crippen LogP contribution in [-0.4, -0.2) is 5.11 Å². The number of benzene rings is 2. The van der Waals surface area contributed by atoms with E-state index >= 15 is 0 Å². The first-order valence-corrected chi connectivity index (χ1v) is 6.26. The Kier molecular flexibility index (Phi) is 4.08. The van der Waals surface area contributed by atoms with Gasteiger partial charge in [-0.15, -0.1) is 0 Å². The summed E-state index contributed by atoms with van der Waals surface area (Å²) < 4.78 is 19.3. The number of aliphatic hydroxyl groups excluding tert-OH is 1. The van der Waals surface area contributed by atoms with Gasteiger partial charge in [0.05, 0.1) is 6.10 Å². The van der Waals surface area contributed by atoms with Gasteiger partial charge in [-0.25, -0.2) is 4.39 Å². The molecule has 4 heteroatoms. The molecule has 0 radical (unpaired) electrons. The second-order valence-corrected chi connectivity index (χ2v) is 4.79. The molecule has 0 fully saturated rings. The highest BCUT2D eigenvalue weighted by atomic mass is 35.5. The van der Waals surface area contributed by atoms with Crippen LogP contribution in [0.25, 0.3) is 0 Å². The van der Waals surface area contributed by atoms with Gasteiger partial charge < -0.3 is 9.84 Å². The highest BCUT2D eigenvalue weighted by molar-refractivity contribution is 6.31. The van der Waals surface area contributed by atoms with Crippen LogP contribution in [0, 0.1) is 12.7 Å². The molecule has 2 aromatic rings. The summed E-state index contributed by atoms with van der Waals surface area (Å²) >= 11 is 5.91. The van der Waals surface area contributed by atoms with E-state index in [1.807, 2.05) is 6.92 Å². The first-order chi connectivity index (χ1) is 8.97. The molecule has 1 atom stereocenters. The highest BCUT2D eigenvalue weighted by Crippen LogP contribution is 2.29. The maximum Gasteiger partial charge on any atom is 0.166 e. The number of aliphatic hydroxyl groups is 1. The van der Waals surface area contributed by atoms with Crippen molar-refractivity contribution in [2.45, 2.75) is 20.0 Å². The van der Waals surface area contributed by atoms with Crippen molar-refractivity contribution in [3.05, 3.63) is 58.4 Å². The van der Waals surface area contributed by atoms with Gasteiger partial charge in [-0.2, -0.15) is 0 Å². The van der Waals surface area contributed by atoms with Gasteiger partial charge in [-0.3, -0.25) is 0 Å². The van der Waals surface area contributed by atoms with Crippen LogP contribution in [-0.2, 0) is 0 Å². The molecule has 0 heterocycles. The number of hydrogen-bond donors (Lipinski definition) is 1. The zero-order valence-corrected chi connectivity index (χ0v) is 11.4. The van der Waals surface area contributed by atoms with Crippen molar-refractivity contribution in [1.29, 1.82) is 0 Å². The van der Waals surface area contributed by atoms with Crippen LogP contribution in [0.15, 0.2) is 36.4 Å². The van der Waals surface area contributed by atoms with E-state index in [-0.39, 0.29) is 5.75 Å². The molecule has 0 aliphatic carbocycles. The number of halogens is 2. The average Bonchev–Trinajstić information content (AvgIpc) is 2.36. The molecule has 0 bridgehead atoms. The fourth-order valence-electron chi connectivity index (χ4n) is 1.67. The summed E-state index contributed by atoms with van der Waals surface area (Å²) in [4.78, 5) is 0. The van der Waals surface area contributed by atoms with Gasteiger partial charge in [0.2, 0.25) is 0 Å². The average molecular weight is 281 g/mol. The maximum absolute atomic E-state index is 13.8. The monoisotopic (exact) mass is 280 g/mol. The minimum atomic E-state index is -0.707. The third kappa shape index (κ3) is 3.25. The Hall–Kier alpha value is -1.58. The van der Waals surface area contributed by atoms with Crippen molar-refractivity contribution in [2.75, 3.05) is 0 Å². The summed E-state index contributed by atoms with van der Waals surface area (Å²) in [6.07, 6.45) is -0.707. The summed E-state index contributed by atoms with van der Waals surface area (Å²) in [6.45, 7) is 3.43. The molecule has 19 heavy (non-hydrogen) atoms. The van der Waals surface area contributed by atoms with E-state index in [0.29, 0.717) is 16.3 Å². The summed E-state index contributed by atoms with van der Waals surface area (Å²) in [7, 11) is 0. The highest BCUT2D eigenvalue weighted by Gasteiger charge is 2.09. The Bertz CT molecular complexity index is 597. The summed E-state index contributed by atoms with van der Waals surface area (Å²) in [5.74, 6) is 0.128. The molecule has 1 unspecified atom stereocenters. The van der Waals surface area contributed by atoms with Crippen molar-refractivity contribution in [1.82, 2.24) is 0 Å². The van der Waals surface area contributed by atoms with Crippen LogP contribution in [0.1, 0.15) is 24.2 Å². The molecule has 0 saturated heterocycles. The van der Waals surface area contributed by atoms with Crippen molar-refractivity contribution < 1.29 is 14.2 Å². The summed E-state index contributed by atoms with van der Waals surface area (Å²) in [5, 5.41) is 10.0. The van der Waals surface area contributed by atoms with E-state index < -0.39 is 11.9 Å². The Labute approximate surface area is 116 Å². The standard InChI is InChI=1S/C15H14ClFO2/c1-9-7-12(4-5-13(9)16)19-15-6-3-11(10(2)18)8-14(15)17/h3-8,10,18H,1-2H3. The van der Waals surface area contributed by atoms with E-state index in [4.69, 9.17) is 16.3 Å². The minimum absolute atomic E-state index is 0.117. The number of ether oxygens (including phenoxy) is 1. The van der Waals surface area contributed by atoms with Crippen LogP contribution in [0.4, 0.5) is 4.39 Å². The fourth-order valence-corrected chi connectivity index (χ4v) is 1.78. The van der Waals surface area contributed by atoms with Crippen LogP contribution in [0.3, 0.4) is 0 Å². The molecule has 0 amide bonds. The summed E-state index contributed by atoms with van der Waals surface area (Å²) in [6, 6.07) is 9.52. The SMILES string of the molecule is Cc1cc(Oc2ccc(C(C)O)cc2F)ccc1Cl. The van der Waals surface area contributed by atoms with Crippen molar-refractivity contribution in [3.63, 3.8) is 0 Å². The topological polar surface area (TPSA) is 29.5 Å². The first kappa shape index (κ1) is 13.8. The smallest absolute Gasteiger partial charge is 0.166 e. The number of aryl methyl sites for hydroxylation is 1. The van der Waals surface area contributed by atoms with Crippen LogP contribution < -0.4 is 4.74 Å². The predicted octanol–water partition coefficient (Wildman–Crippen LogP) is 4.63.